The third-order valence-electron chi connectivity index (χ3n) is 4.04. The lowest BCUT2D eigenvalue weighted by atomic mass is 9.96. The first kappa shape index (κ1) is 13.9. The highest BCUT2D eigenvalue weighted by Crippen LogP contribution is 2.59. The minimum Gasteiger partial charge on any atom is -0.492 e. The second-order valence-corrected chi connectivity index (χ2v) is 6.62. The molecule has 1 aromatic rings. The molecule has 0 radical (unpaired) electrons. The quantitative estimate of drug-likeness (QED) is 0.614. The summed E-state index contributed by atoms with van der Waals surface area (Å²) in [5, 5.41) is 20.5. The summed E-state index contributed by atoms with van der Waals surface area (Å²) in [6.07, 6.45) is 3.04. The van der Waals surface area contributed by atoms with Crippen LogP contribution in [0.3, 0.4) is 0 Å². The lowest BCUT2D eigenvalue weighted by Gasteiger charge is -2.19. The smallest absolute Gasteiger partial charge is 0.492 e. The van der Waals surface area contributed by atoms with Crippen LogP contribution >= 0.6 is 0 Å². The Bertz CT molecular complexity index is 600. The second-order valence-electron chi connectivity index (χ2n) is 6.62. The van der Waals surface area contributed by atoms with Crippen molar-refractivity contribution in [1.82, 2.24) is 4.73 Å². The van der Waals surface area contributed by atoms with Crippen LogP contribution in [-0.2, 0) is 4.74 Å². The Morgan fingerprint density at radius 1 is 1.14 bits per heavy atom. The van der Waals surface area contributed by atoms with E-state index in [1.165, 1.54) is 0 Å². The molecule has 2 aliphatic carbocycles. The maximum Gasteiger partial charge on any atom is 0.534 e. The Hall–Kier alpha value is -2.11. The molecule has 0 spiro atoms. The van der Waals surface area contributed by atoms with Crippen LogP contribution in [0.1, 0.15) is 50.7 Å². The minimum atomic E-state index is -0.977. The number of ether oxygens (including phenoxy) is 1. The van der Waals surface area contributed by atoms with Crippen LogP contribution in [-0.4, -0.2) is 26.7 Å². The van der Waals surface area contributed by atoms with Gasteiger partial charge < -0.3 is 14.9 Å². The van der Waals surface area contributed by atoms with Gasteiger partial charge in [-0.1, -0.05) is 19.1 Å². The van der Waals surface area contributed by atoms with Crippen molar-refractivity contribution in [3.63, 3.8) is 0 Å². The SMILES string of the molecule is CC1C2C=CC1c1c2c(O)n(OC(=O)OC(C)(C)C)c1O. The van der Waals surface area contributed by atoms with Gasteiger partial charge in [0.25, 0.3) is 0 Å². The molecule has 21 heavy (non-hydrogen) atoms. The topological polar surface area (TPSA) is 80.9 Å². The Balaban J connectivity index is 1.91. The van der Waals surface area contributed by atoms with Crippen molar-refractivity contribution in [2.24, 2.45) is 5.92 Å². The van der Waals surface area contributed by atoms with Crippen LogP contribution in [0.25, 0.3) is 0 Å². The van der Waals surface area contributed by atoms with E-state index < -0.39 is 11.8 Å². The summed E-state index contributed by atoms with van der Waals surface area (Å²) >= 11 is 0. The predicted molar refractivity (Wildman–Crippen MR) is 74.4 cm³/mol. The average molecular weight is 293 g/mol. The van der Waals surface area contributed by atoms with Gasteiger partial charge in [-0.3, -0.25) is 4.84 Å². The van der Waals surface area contributed by atoms with Crippen LogP contribution in [0.5, 0.6) is 11.8 Å². The fourth-order valence-electron chi connectivity index (χ4n) is 3.18. The summed E-state index contributed by atoms with van der Waals surface area (Å²) in [7, 11) is 0. The van der Waals surface area contributed by atoms with Crippen LogP contribution < -0.4 is 4.84 Å². The van der Waals surface area contributed by atoms with Gasteiger partial charge in [-0.25, -0.2) is 4.79 Å². The number of fused-ring (bicyclic) bond motifs is 5. The van der Waals surface area contributed by atoms with Crippen molar-refractivity contribution in [3.8, 4) is 11.8 Å². The lowest BCUT2D eigenvalue weighted by Crippen LogP contribution is -2.29. The molecule has 6 nitrogen and oxygen atoms in total. The number of carbonyl (C=O) groups is 1. The zero-order valence-corrected chi connectivity index (χ0v) is 12.5. The first-order chi connectivity index (χ1) is 9.70. The third-order valence-corrected chi connectivity index (χ3v) is 4.04. The number of carbonyl (C=O) groups excluding carboxylic acids is 1. The first-order valence-electron chi connectivity index (χ1n) is 6.96. The van der Waals surface area contributed by atoms with Crippen molar-refractivity contribution >= 4 is 6.16 Å². The van der Waals surface area contributed by atoms with Crippen LogP contribution in [0.4, 0.5) is 4.79 Å². The molecule has 6 heteroatoms. The van der Waals surface area contributed by atoms with Gasteiger partial charge in [0.15, 0.2) is 0 Å². The highest BCUT2D eigenvalue weighted by Gasteiger charge is 2.47. The maximum atomic E-state index is 11.7. The summed E-state index contributed by atoms with van der Waals surface area (Å²) in [5.74, 6) is -0.101. The number of aromatic nitrogens is 1. The van der Waals surface area contributed by atoms with Crippen molar-refractivity contribution in [3.05, 3.63) is 23.3 Å². The summed E-state index contributed by atoms with van der Waals surface area (Å²) < 4.78 is 5.77. The monoisotopic (exact) mass is 293 g/mol. The van der Waals surface area contributed by atoms with E-state index in [0.717, 1.165) is 4.73 Å². The van der Waals surface area contributed by atoms with E-state index in [2.05, 4.69) is 6.92 Å². The van der Waals surface area contributed by atoms with E-state index in [0.29, 0.717) is 17.0 Å². The molecule has 2 bridgehead atoms. The molecule has 0 aliphatic heterocycles. The Kier molecular flexibility index (Phi) is 2.77. The molecule has 3 rings (SSSR count). The molecule has 0 aromatic carbocycles. The molecule has 0 fully saturated rings. The molecule has 0 amide bonds. The average Bonchev–Trinajstić information content (AvgIpc) is 2.92. The second kappa shape index (κ2) is 4.19. The predicted octanol–water partition coefficient (Wildman–Crippen LogP) is 2.65. The highest BCUT2D eigenvalue weighted by molar-refractivity contribution is 5.64. The van der Waals surface area contributed by atoms with Gasteiger partial charge in [0.2, 0.25) is 11.8 Å². The summed E-state index contributed by atoms with van der Waals surface area (Å²) in [6.45, 7) is 7.17. The van der Waals surface area contributed by atoms with Crippen LogP contribution in [0, 0.1) is 5.92 Å². The number of rotatable bonds is 1. The molecule has 1 aromatic heterocycles. The zero-order chi connectivity index (χ0) is 15.5. The van der Waals surface area contributed by atoms with Crippen LogP contribution in [0.15, 0.2) is 12.2 Å². The van der Waals surface area contributed by atoms with E-state index in [1.54, 1.807) is 20.8 Å². The number of hydrogen-bond donors (Lipinski definition) is 2. The molecule has 114 valence electrons. The molecule has 1 heterocycles. The Labute approximate surface area is 122 Å². The molecule has 0 saturated carbocycles. The van der Waals surface area contributed by atoms with E-state index in [9.17, 15) is 15.0 Å². The molecule has 2 aliphatic rings. The van der Waals surface area contributed by atoms with Gasteiger partial charge in [-0.05, 0) is 26.7 Å². The van der Waals surface area contributed by atoms with E-state index >= 15 is 0 Å². The van der Waals surface area contributed by atoms with Crippen molar-refractivity contribution in [2.45, 2.75) is 45.1 Å². The van der Waals surface area contributed by atoms with Crippen molar-refractivity contribution in [2.75, 3.05) is 0 Å². The highest BCUT2D eigenvalue weighted by atomic mass is 16.8. The van der Waals surface area contributed by atoms with Gasteiger partial charge >= 0.3 is 6.16 Å². The molecule has 2 unspecified atom stereocenters. The molecular weight excluding hydrogens is 274 g/mol. The maximum absolute atomic E-state index is 11.7. The molecule has 2 atom stereocenters. The van der Waals surface area contributed by atoms with Gasteiger partial charge in [0.05, 0.1) is 0 Å². The van der Waals surface area contributed by atoms with Gasteiger partial charge in [-0.2, -0.15) is 0 Å². The molecule has 2 N–H and O–H groups in total. The number of hydrogen-bond acceptors (Lipinski definition) is 5. The van der Waals surface area contributed by atoms with Crippen molar-refractivity contribution in [1.29, 1.82) is 0 Å². The van der Waals surface area contributed by atoms with E-state index in [4.69, 9.17) is 9.57 Å². The summed E-state index contributed by atoms with van der Waals surface area (Å²) in [6, 6.07) is 0. The first-order valence-corrected chi connectivity index (χ1v) is 6.96. The Morgan fingerprint density at radius 2 is 1.62 bits per heavy atom. The van der Waals surface area contributed by atoms with Crippen LogP contribution in [0.2, 0.25) is 0 Å². The van der Waals surface area contributed by atoms with Gasteiger partial charge in [-0.15, -0.1) is 4.73 Å². The normalized spacial score (nSPS) is 26.0. The largest absolute Gasteiger partial charge is 0.534 e. The van der Waals surface area contributed by atoms with E-state index in [1.807, 2.05) is 12.2 Å². The summed E-state index contributed by atoms with van der Waals surface area (Å²) in [5.41, 5.74) is 0.555. The Morgan fingerprint density at radius 3 is 2.05 bits per heavy atom. The van der Waals surface area contributed by atoms with Gasteiger partial charge in [0, 0.05) is 23.0 Å². The molecule has 0 saturated heterocycles. The van der Waals surface area contributed by atoms with Crippen molar-refractivity contribution < 1.29 is 24.6 Å². The number of allylic oxidation sites excluding steroid dienone is 2. The lowest BCUT2D eigenvalue weighted by molar-refractivity contribution is -0.0176. The fraction of sp³-hybridized carbons (Fsp3) is 0.533. The standard InChI is InChI=1S/C15H19NO5/c1-7-8-5-6-9(7)11-10(8)12(17)16(13(11)18)21-14(19)20-15(2,3)4/h5-9,17-18H,1-4H3. The van der Waals surface area contributed by atoms with E-state index in [-0.39, 0.29) is 23.6 Å². The number of nitrogens with zero attached hydrogens (tertiary/aromatic N) is 1. The third kappa shape index (κ3) is 1.97. The minimum absolute atomic E-state index is 0.0411. The fourth-order valence-corrected chi connectivity index (χ4v) is 3.18. The zero-order valence-electron chi connectivity index (χ0n) is 12.5. The van der Waals surface area contributed by atoms with Gasteiger partial charge in [0.1, 0.15) is 5.60 Å². The molecular formula is C15H19NO5. The summed E-state index contributed by atoms with van der Waals surface area (Å²) in [4.78, 5) is 16.6. The number of aromatic hydroxyl groups is 2.